The summed E-state index contributed by atoms with van der Waals surface area (Å²) in [5.41, 5.74) is 0.772. The molecule has 1 aliphatic rings. The van der Waals surface area contributed by atoms with Crippen LogP contribution in [0.25, 0.3) is 0 Å². The Morgan fingerprint density at radius 3 is 2.52 bits per heavy atom. The maximum Gasteiger partial charge on any atom is 0.416 e. The number of hydrogen-bond acceptors (Lipinski definition) is 3. The summed E-state index contributed by atoms with van der Waals surface area (Å²) in [6, 6.07) is 10.8. The number of carbonyl (C=O) groups excluding carboxylic acids is 1. The van der Waals surface area contributed by atoms with Crippen LogP contribution >= 0.6 is 0 Å². The average Bonchev–Trinajstić information content (AvgIpc) is 2.73. The van der Waals surface area contributed by atoms with Gasteiger partial charge >= 0.3 is 12.1 Å². The molecule has 8 heteroatoms. The first-order valence-electron chi connectivity index (χ1n) is 10.2. The third-order valence-electron chi connectivity index (χ3n) is 5.57. The number of carboxylic acids is 1. The van der Waals surface area contributed by atoms with E-state index in [4.69, 9.17) is 5.11 Å². The second-order valence-electron chi connectivity index (χ2n) is 7.84. The molecular weight excluding hydrogens is 409 g/mol. The number of nitrogens with zero attached hydrogens (tertiary/aromatic N) is 1. The van der Waals surface area contributed by atoms with Crippen molar-refractivity contribution in [2.45, 2.75) is 51.0 Å². The maximum atomic E-state index is 13.0. The number of carboxylic acid groups (broad SMARTS) is 1. The van der Waals surface area contributed by atoms with Gasteiger partial charge in [0.15, 0.2) is 0 Å². The Morgan fingerprint density at radius 2 is 1.87 bits per heavy atom. The zero-order valence-electron chi connectivity index (χ0n) is 17.2. The van der Waals surface area contributed by atoms with E-state index in [1.165, 1.54) is 18.2 Å². The second kappa shape index (κ2) is 9.51. The molecule has 0 bridgehead atoms. The van der Waals surface area contributed by atoms with Gasteiger partial charge in [-0.05, 0) is 55.6 Å². The lowest BCUT2D eigenvalue weighted by Gasteiger charge is -2.35. The fourth-order valence-corrected chi connectivity index (χ4v) is 3.86. The molecule has 1 fully saturated rings. The summed E-state index contributed by atoms with van der Waals surface area (Å²) in [4.78, 5) is 25.9. The van der Waals surface area contributed by atoms with Crippen LogP contribution in [0.1, 0.15) is 59.3 Å². The van der Waals surface area contributed by atoms with Crippen molar-refractivity contribution in [2.75, 3.05) is 6.54 Å². The molecule has 1 amide bonds. The molecule has 3 rings (SSSR count). The first-order chi connectivity index (χ1) is 14.6. The van der Waals surface area contributed by atoms with Gasteiger partial charge in [-0.25, -0.2) is 4.79 Å². The topological polar surface area (TPSA) is 69.6 Å². The number of amides is 1. The van der Waals surface area contributed by atoms with Crippen molar-refractivity contribution in [2.24, 2.45) is 0 Å². The Morgan fingerprint density at radius 1 is 1.16 bits per heavy atom. The minimum absolute atomic E-state index is 0.168. The van der Waals surface area contributed by atoms with Gasteiger partial charge in [0.1, 0.15) is 0 Å². The van der Waals surface area contributed by atoms with E-state index in [0.29, 0.717) is 18.5 Å². The molecule has 166 valence electrons. The van der Waals surface area contributed by atoms with Gasteiger partial charge in [-0.3, -0.25) is 9.69 Å². The summed E-state index contributed by atoms with van der Waals surface area (Å²) >= 11 is 0. The fraction of sp³-hybridized carbons (Fsp3) is 0.391. The normalized spacial score (nSPS) is 18.4. The smallest absolute Gasteiger partial charge is 0.416 e. The van der Waals surface area contributed by atoms with Crippen LogP contribution in [0.15, 0.2) is 48.5 Å². The van der Waals surface area contributed by atoms with Crippen LogP contribution in [0, 0.1) is 0 Å². The van der Waals surface area contributed by atoms with Gasteiger partial charge < -0.3 is 10.4 Å². The van der Waals surface area contributed by atoms with Gasteiger partial charge in [0.2, 0.25) is 5.91 Å². The van der Waals surface area contributed by atoms with Gasteiger partial charge in [-0.1, -0.05) is 36.8 Å². The zero-order chi connectivity index (χ0) is 22.6. The largest absolute Gasteiger partial charge is 0.478 e. The molecule has 2 aromatic carbocycles. The highest BCUT2D eigenvalue weighted by Gasteiger charge is 2.32. The minimum atomic E-state index is -4.40. The van der Waals surface area contributed by atoms with Crippen molar-refractivity contribution >= 4 is 11.9 Å². The van der Waals surface area contributed by atoms with Crippen LogP contribution in [-0.2, 0) is 17.5 Å². The zero-order valence-corrected chi connectivity index (χ0v) is 17.2. The summed E-state index contributed by atoms with van der Waals surface area (Å²) in [6.45, 7) is 2.72. The van der Waals surface area contributed by atoms with Crippen LogP contribution in [-0.4, -0.2) is 34.5 Å². The molecule has 1 heterocycles. The molecule has 5 nitrogen and oxygen atoms in total. The van der Waals surface area contributed by atoms with Crippen LogP contribution < -0.4 is 5.32 Å². The first-order valence-corrected chi connectivity index (χ1v) is 10.2. The summed E-state index contributed by atoms with van der Waals surface area (Å²) in [6.07, 6.45) is -2.01. The van der Waals surface area contributed by atoms with Crippen LogP contribution in [0.5, 0.6) is 0 Å². The fourth-order valence-electron chi connectivity index (χ4n) is 3.86. The van der Waals surface area contributed by atoms with E-state index in [1.807, 2.05) is 11.8 Å². The molecule has 0 aliphatic carbocycles. The summed E-state index contributed by atoms with van der Waals surface area (Å²) in [7, 11) is 0. The van der Waals surface area contributed by atoms with Crippen molar-refractivity contribution in [3.8, 4) is 0 Å². The average molecular weight is 434 g/mol. The van der Waals surface area contributed by atoms with E-state index in [0.717, 1.165) is 30.5 Å². The number of piperidine rings is 1. The Kier molecular flexibility index (Phi) is 7.00. The highest BCUT2D eigenvalue weighted by molar-refractivity contribution is 5.87. The third-order valence-corrected chi connectivity index (χ3v) is 5.57. The number of rotatable bonds is 6. The first kappa shape index (κ1) is 22.8. The van der Waals surface area contributed by atoms with E-state index < -0.39 is 23.8 Å². The van der Waals surface area contributed by atoms with E-state index in [-0.39, 0.29) is 24.1 Å². The molecule has 1 aliphatic heterocycles. The van der Waals surface area contributed by atoms with Gasteiger partial charge in [0.25, 0.3) is 0 Å². The number of benzene rings is 2. The van der Waals surface area contributed by atoms with Gasteiger partial charge in [0, 0.05) is 6.54 Å². The Balaban J connectivity index is 1.68. The van der Waals surface area contributed by atoms with E-state index in [2.05, 4.69) is 5.32 Å². The number of hydrogen-bond donors (Lipinski definition) is 2. The quantitative estimate of drug-likeness (QED) is 0.695. The Bertz CT molecular complexity index is 928. The molecule has 1 saturated heterocycles. The molecule has 0 radical (unpaired) electrons. The highest BCUT2D eigenvalue weighted by atomic mass is 19.4. The molecule has 31 heavy (non-hydrogen) atoms. The maximum absolute atomic E-state index is 13.0. The molecule has 2 aromatic rings. The molecule has 2 atom stereocenters. The van der Waals surface area contributed by atoms with Gasteiger partial charge in [-0.2, -0.15) is 13.2 Å². The lowest BCUT2D eigenvalue weighted by atomic mass is 9.99. The van der Waals surface area contributed by atoms with Crippen LogP contribution in [0.3, 0.4) is 0 Å². The number of aromatic carboxylic acids is 1. The molecule has 0 spiro atoms. The van der Waals surface area contributed by atoms with E-state index >= 15 is 0 Å². The molecule has 0 unspecified atom stereocenters. The molecule has 2 N–H and O–H groups in total. The summed E-state index contributed by atoms with van der Waals surface area (Å²) in [5, 5.41) is 12.0. The lowest BCUT2D eigenvalue weighted by molar-refractivity contribution is -0.137. The predicted octanol–water partition coefficient (Wildman–Crippen LogP) is 4.64. The Labute approximate surface area is 178 Å². The Hall–Kier alpha value is -2.87. The number of nitrogens with one attached hydrogen (secondary N) is 1. The van der Waals surface area contributed by atoms with Gasteiger partial charge in [-0.15, -0.1) is 0 Å². The second-order valence-corrected chi connectivity index (χ2v) is 7.84. The standard InChI is InChI=1S/C23H25F3N2O3/c1-15(17-8-10-18(11-9-17)22(30)31)27-21(29)20-7-2-3-12-28(20)14-16-5-4-6-19(13-16)23(24,25)26/h4-6,8-11,13,15,20H,2-3,7,12,14H2,1H3,(H,27,29)(H,30,31)/t15-,20+/m0/s1. The van der Waals surface area contributed by atoms with Crippen molar-refractivity contribution < 1.29 is 27.9 Å². The molecule has 0 aromatic heterocycles. The monoisotopic (exact) mass is 434 g/mol. The summed E-state index contributed by atoms with van der Waals surface area (Å²) in [5.74, 6) is -1.20. The number of halogens is 3. The number of carbonyl (C=O) groups is 2. The van der Waals surface area contributed by atoms with Crippen molar-refractivity contribution in [3.05, 3.63) is 70.8 Å². The molecular formula is C23H25F3N2O3. The number of alkyl halides is 3. The summed E-state index contributed by atoms with van der Waals surface area (Å²) < 4.78 is 39.0. The SMILES string of the molecule is C[C@H](NC(=O)[C@H]1CCCCN1Cc1cccc(C(F)(F)F)c1)c1ccc(C(=O)O)cc1. The van der Waals surface area contributed by atoms with Crippen molar-refractivity contribution in [1.82, 2.24) is 10.2 Å². The van der Waals surface area contributed by atoms with Crippen molar-refractivity contribution in [3.63, 3.8) is 0 Å². The minimum Gasteiger partial charge on any atom is -0.478 e. The lowest BCUT2D eigenvalue weighted by Crippen LogP contribution is -2.49. The van der Waals surface area contributed by atoms with Crippen LogP contribution in [0.4, 0.5) is 13.2 Å². The number of likely N-dealkylation sites (tertiary alicyclic amines) is 1. The highest BCUT2D eigenvalue weighted by Crippen LogP contribution is 2.30. The third kappa shape index (κ3) is 5.85. The predicted molar refractivity (Wildman–Crippen MR) is 109 cm³/mol. The van der Waals surface area contributed by atoms with Gasteiger partial charge in [0.05, 0.1) is 23.2 Å². The van der Waals surface area contributed by atoms with E-state index in [9.17, 15) is 22.8 Å². The van der Waals surface area contributed by atoms with Crippen LogP contribution in [0.2, 0.25) is 0 Å². The molecule has 0 saturated carbocycles. The van der Waals surface area contributed by atoms with E-state index in [1.54, 1.807) is 18.2 Å². The van der Waals surface area contributed by atoms with Crippen molar-refractivity contribution in [1.29, 1.82) is 0 Å².